The van der Waals surface area contributed by atoms with E-state index in [4.69, 9.17) is 4.74 Å². The molecule has 0 saturated carbocycles. The van der Waals surface area contributed by atoms with Gasteiger partial charge in [0.25, 0.3) is 5.91 Å². The Morgan fingerprint density at radius 3 is 2.08 bits per heavy atom. The van der Waals surface area contributed by atoms with Gasteiger partial charge >= 0.3 is 12.0 Å². The lowest BCUT2D eigenvalue weighted by Crippen LogP contribution is -2.50. The zero-order chi connectivity index (χ0) is 19.7. The SMILES string of the molecule is CC(=O)N1CCN(C(=O)CCC(=O)OCC(=O)NC(=O)NC(C)C)CC1. The number of carbonyl (C=O) groups excluding carboxylic acids is 5. The number of piperazine rings is 1. The van der Waals surface area contributed by atoms with Crippen LogP contribution in [-0.4, -0.2) is 78.3 Å². The summed E-state index contributed by atoms with van der Waals surface area (Å²) >= 11 is 0. The van der Waals surface area contributed by atoms with Crippen molar-refractivity contribution in [2.45, 2.75) is 39.7 Å². The zero-order valence-electron chi connectivity index (χ0n) is 15.4. The number of ether oxygens (including phenoxy) is 1. The molecule has 0 radical (unpaired) electrons. The molecule has 0 bridgehead atoms. The summed E-state index contributed by atoms with van der Waals surface area (Å²) in [5.41, 5.74) is 0. The van der Waals surface area contributed by atoms with E-state index < -0.39 is 24.5 Å². The smallest absolute Gasteiger partial charge is 0.321 e. The first-order chi connectivity index (χ1) is 12.2. The molecule has 0 atom stereocenters. The summed E-state index contributed by atoms with van der Waals surface area (Å²) in [7, 11) is 0. The molecule has 1 fully saturated rings. The van der Waals surface area contributed by atoms with E-state index in [1.165, 1.54) is 6.92 Å². The quantitative estimate of drug-likeness (QED) is 0.592. The number of amides is 5. The van der Waals surface area contributed by atoms with Crippen LogP contribution in [0.25, 0.3) is 0 Å². The van der Waals surface area contributed by atoms with Crippen LogP contribution >= 0.6 is 0 Å². The van der Waals surface area contributed by atoms with Crippen LogP contribution in [0.5, 0.6) is 0 Å². The van der Waals surface area contributed by atoms with Gasteiger partial charge in [0.05, 0.1) is 6.42 Å². The standard InChI is InChI=1S/C16H26N4O6/c1-11(2)17-16(25)18-13(22)10-26-15(24)5-4-14(23)20-8-6-19(7-9-20)12(3)21/h11H,4-10H2,1-3H3,(H2,17,18,22,25). The molecule has 1 saturated heterocycles. The van der Waals surface area contributed by atoms with Gasteiger partial charge in [-0.1, -0.05) is 0 Å². The molecular weight excluding hydrogens is 344 g/mol. The molecule has 2 N–H and O–H groups in total. The molecule has 0 aliphatic carbocycles. The summed E-state index contributed by atoms with van der Waals surface area (Å²) in [5.74, 6) is -1.67. The highest BCUT2D eigenvalue weighted by Gasteiger charge is 2.23. The van der Waals surface area contributed by atoms with Gasteiger partial charge in [0.2, 0.25) is 11.8 Å². The second kappa shape index (κ2) is 10.4. The lowest BCUT2D eigenvalue weighted by molar-refractivity contribution is -0.150. The third kappa shape index (κ3) is 7.95. The van der Waals surface area contributed by atoms with Crippen molar-refractivity contribution < 1.29 is 28.7 Å². The van der Waals surface area contributed by atoms with Crippen molar-refractivity contribution in [1.29, 1.82) is 0 Å². The van der Waals surface area contributed by atoms with Crippen molar-refractivity contribution in [3.8, 4) is 0 Å². The van der Waals surface area contributed by atoms with E-state index in [0.29, 0.717) is 26.2 Å². The highest BCUT2D eigenvalue weighted by atomic mass is 16.5. The molecule has 1 aliphatic heterocycles. The Balaban J connectivity index is 2.21. The summed E-state index contributed by atoms with van der Waals surface area (Å²) in [4.78, 5) is 60.9. The summed E-state index contributed by atoms with van der Waals surface area (Å²) in [6, 6.07) is -0.797. The van der Waals surface area contributed by atoms with Gasteiger partial charge in [-0.2, -0.15) is 0 Å². The molecule has 0 spiro atoms. The van der Waals surface area contributed by atoms with Gasteiger partial charge in [-0.25, -0.2) is 4.79 Å². The molecule has 0 aromatic carbocycles. The van der Waals surface area contributed by atoms with Gasteiger partial charge in [0.1, 0.15) is 0 Å². The van der Waals surface area contributed by atoms with Crippen LogP contribution in [0.1, 0.15) is 33.6 Å². The lowest BCUT2D eigenvalue weighted by Gasteiger charge is -2.34. The molecular formula is C16H26N4O6. The molecule has 5 amide bonds. The number of nitrogens with zero attached hydrogens (tertiary/aromatic N) is 2. The number of hydrogen-bond acceptors (Lipinski definition) is 6. The Morgan fingerprint density at radius 2 is 1.54 bits per heavy atom. The minimum absolute atomic E-state index is 0.0268. The number of esters is 1. The number of carbonyl (C=O) groups is 5. The minimum Gasteiger partial charge on any atom is -0.456 e. The first kappa shape index (κ1) is 21.4. The summed E-state index contributed by atoms with van der Waals surface area (Å²) in [6.07, 6.45) is -0.189. The van der Waals surface area contributed by atoms with E-state index in [9.17, 15) is 24.0 Å². The average Bonchev–Trinajstić information content (AvgIpc) is 2.57. The Hall–Kier alpha value is -2.65. The van der Waals surface area contributed by atoms with Crippen LogP contribution in [-0.2, 0) is 23.9 Å². The van der Waals surface area contributed by atoms with Crippen LogP contribution < -0.4 is 10.6 Å². The van der Waals surface area contributed by atoms with Crippen molar-refractivity contribution in [2.75, 3.05) is 32.8 Å². The molecule has 10 heteroatoms. The van der Waals surface area contributed by atoms with E-state index in [-0.39, 0.29) is 30.7 Å². The summed E-state index contributed by atoms with van der Waals surface area (Å²) in [5, 5.41) is 4.48. The minimum atomic E-state index is -0.747. The van der Waals surface area contributed by atoms with Gasteiger partial charge in [0.15, 0.2) is 6.61 Å². The number of hydrogen-bond donors (Lipinski definition) is 2. The van der Waals surface area contributed by atoms with Crippen LogP contribution in [0.3, 0.4) is 0 Å². The van der Waals surface area contributed by atoms with Crippen molar-refractivity contribution in [3.05, 3.63) is 0 Å². The maximum absolute atomic E-state index is 12.0. The first-order valence-electron chi connectivity index (χ1n) is 8.48. The predicted octanol–water partition coefficient (Wildman–Crippen LogP) is -0.765. The fourth-order valence-electron chi connectivity index (χ4n) is 2.32. The van der Waals surface area contributed by atoms with E-state index in [0.717, 1.165) is 0 Å². The number of imide groups is 1. The molecule has 0 aromatic rings. The predicted molar refractivity (Wildman–Crippen MR) is 90.8 cm³/mol. The third-order valence-corrected chi connectivity index (χ3v) is 3.66. The fourth-order valence-corrected chi connectivity index (χ4v) is 2.32. The van der Waals surface area contributed by atoms with Crippen molar-refractivity contribution in [2.24, 2.45) is 0 Å². The summed E-state index contributed by atoms with van der Waals surface area (Å²) < 4.78 is 4.74. The highest BCUT2D eigenvalue weighted by molar-refractivity contribution is 5.95. The van der Waals surface area contributed by atoms with Crippen LogP contribution in [0.15, 0.2) is 0 Å². The van der Waals surface area contributed by atoms with Crippen LogP contribution in [0.2, 0.25) is 0 Å². The fraction of sp³-hybridized carbons (Fsp3) is 0.688. The molecule has 1 heterocycles. The van der Waals surface area contributed by atoms with Crippen LogP contribution in [0.4, 0.5) is 4.79 Å². The maximum Gasteiger partial charge on any atom is 0.321 e. The number of nitrogens with one attached hydrogen (secondary N) is 2. The van der Waals surface area contributed by atoms with Crippen molar-refractivity contribution in [3.63, 3.8) is 0 Å². The van der Waals surface area contributed by atoms with E-state index >= 15 is 0 Å². The first-order valence-corrected chi connectivity index (χ1v) is 8.48. The normalized spacial score (nSPS) is 14.0. The van der Waals surface area contributed by atoms with E-state index in [1.54, 1.807) is 23.6 Å². The van der Waals surface area contributed by atoms with E-state index in [2.05, 4.69) is 5.32 Å². The maximum atomic E-state index is 12.0. The monoisotopic (exact) mass is 370 g/mol. The Morgan fingerprint density at radius 1 is 0.962 bits per heavy atom. The molecule has 1 aliphatic rings. The van der Waals surface area contributed by atoms with Crippen molar-refractivity contribution >= 4 is 29.7 Å². The molecule has 0 aromatic heterocycles. The Labute approximate surface area is 152 Å². The van der Waals surface area contributed by atoms with Gasteiger partial charge in [-0.3, -0.25) is 24.5 Å². The molecule has 10 nitrogen and oxygen atoms in total. The number of urea groups is 1. The lowest BCUT2D eigenvalue weighted by atomic mass is 10.2. The molecule has 0 unspecified atom stereocenters. The second-order valence-corrected chi connectivity index (χ2v) is 6.22. The highest BCUT2D eigenvalue weighted by Crippen LogP contribution is 2.06. The molecule has 1 rings (SSSR count). The molecule has 146 valence electrons. The van der Waals surface area contributed by atoms with E-state index in [1.807, 2.05) is 5.32 Å². The van der Waals surface area contributed by atoms with Gasteiger partial charge in [-0.15, -0.1) is 0 Å². The van der Waals surface area contributed by atoms with Crippen LogP contribution in [0, 0.1) is 0 Å². The summed E-state index contributed by atoms with van der Waals surface area (Å²) in [6.45, 7) is 6.18. The zero-order valence-corrected chi connectivity index (χ0v) is 15.4. The largest absolute Gasteiger partial charge is 0.456 e. The third-order valence-electron chi connectivity index (χ3n) is 3.66. The Kier molecular flexibility index (Phi) is 8.53. The average molecular weight is 370 g/mol. The second-order valence-electron chi connectivity index (χ2n) is 6.22. The van der Waals surface area contributed by atoms with Gasteiger partial charge in [-0.05, 0) is 13.8 Å². The Bertz CT molecular complexity index is 555. The van der Waals surface area contributed by atoms with Gasteiger partial charge in [0, 0.05) is 45.6 Å². The topological polar surface area (TPSA) is 125 Å². The number of rotatable bonds is 6. The van der Waals surface area contributed by atoms with Gasteiger partial charge < -0.3 is 19.9 Å². The molecule has 26 heavy (non-hydrogen) atoms. The van der Waals surface area contributed by atoms with Crippen molar-refractivity contribution in [1.82, 2.24) is 20.4 Å².